The summed E-state index contributed by atoms with van der Waals surface area (Å²) < 4.78 is 22.0. The summed E-state index contributed by atoms with van der Waals surface area (Å²) in [6.45, 7) is 1.88. The van der Waals surface area contributed by atoms with Gasteiger partial charge in [-0.1, -0.05) is 23.8 Å². The first-order valence-electron chi connectivity index (χ1n) is 9.23. The fraction of sp³-hybridized carbons (Fsp3) is 0.316. The van der Waals surface area contributed by atoms with Crippen LogP contribution in [0.1, 0.15) is 49.6 Å². The molecule has 4 aromatic rings. The predicted octanol–water partition coefficient (Wildman–Crippen LogP) is 3.46. The summed E-state index contributed by atoms with van der Waals surface area (Å²) in [6, 6.07) is 6.46. The maximum absolute atomic E-state index is 14.3. The van der Waals surface area contributed by atoms with Crippen molar-refractivity contribution in [1.29, 1.82) is 0 Å². The van der Waals surface area contributed by atoms with Crippen molar-refractivity contribution in [2.75, 3.05) is 0 Å². The predicted molar refractivity (Wildman–Crippen MR) is 98.2 cm³/mol. The molecule has 0 amide bonds. The Morgan fingerprint density at radius 1 is 1.29 bits per heavy atom. The molecule has 1 atom stereocenters. The number of aromatic nitrogens is 7. The van der Waals surface area contributed by atoms with E-state index in [1.807, 2.05) is 13.1 Å². The standard InChI is InChI=1S/C19H18FN7O/c1-11(17-21-10-22-25-17)28-19-14(12-5-4-6-12)9-27-18(23-19)16(24-26-27)13-7-2-3-8-15(13)20/h2-3,7-12H,4-6H2,1H3,(H,21,22,25). The molecule has 1 aromatic carbocycles. The number of aromatic amines is 1. The van der Waals surface area contributed by atoms with Crippen molar-refractivity contribution in [3.63, 3.8) is 0 Å². The Morgan fingerprint density at radius 3 is 2.86 bits per heavy atom. The van der Waals surface area contributed by atoms with Crippen molar-refractivity contribution in [1.82, 2.24) is 35.0 Å². The number of H-pyrrole nitrogens is 1. The molecule has 0 saturated heterocycles. The summed E-state index contributed by atoms with van der Waals surface area (Å²) in [5.74, 6) is 1.12. The zero-order chi connectivity index (χ0) is 19.1. The Labute approximate surface area is 159 Å². The lowest BCUT2D eigenvalue weighted by atomic mass is 9.81. The maximum atomic E-state index is 14.3. The minimum atomic E-state index is -0.368. The summed E-state index contributed by atoms with van der Waals surface area (Å²) in [7, 11) is 0. The van der Waals surface area contributed by atoms with Crippen molar-refractivity contribution in [2.45, 2.75) is 38.2 Å². The van der Waals surface area contributed by atoms with Gasteiger partial charge in [-0.25, -0.2) is 13.9 Å². The van der Waals surface area contributed by atoms with Gasteiger partial charge in [0.15, 0.2) is 17.6 Å². The van der Waals surface area contributed by atoms with Gasteiger partial charge in [0.1, 0.15) is 17.8 Å². The van der Waals surface area contributed by atoms with Gasteiger partial charge in [0.25, 0.3) is 0 Å². The highest BCUT2D eigenvalue weighted by molar-refractivity contribution is 5.74. The van der Waals surface area contributed by atoms with Crippen molar-refractivity contribution < 1.29 is 9.13 Å². The van der Waals surface area contributed by atoms with Crippen LogP contribution in [0, 0.1) is 5.82 Å². The van der Waals surface area contributed by atoms with Crippen molar-refractivity contribution in [2.24, 2.45) is 0 Å². The van der Waals surface area contributed by atoms with Crippen LogP contribution in [0.3, 0.4) is 0 Å². The minimum Gasteiger partial charge on any atom is -0.466 e. The quantitative estimate of drug-likeness (QED) is 0.571. The van der Waals surface area contributed by atoms with Crippen LogP contribution in [-0.4, -0.2) is 35.0 Å². The second-order valence-corrected chi connectivity index (χ2v) is 6.95. The molecule has 0 bridgehead atoms. The lowest BCUT2D eigenvalue weighted by Gasteiger charge is -2.27. The SMILES string of the molecule is CC(Oc1nc2c(-c3ccccc3F)nnn2cc1C1CCC1)c1ncn[nH]1. The van der Waals surface area contributed by atoms with Gasteiger partial charge < -0.3 is 4.74 Å². The number of rotatable bonds is 5. The average Bonchev–Trinajstić information content (AvgIpc) is 3.31. The summed E-state index contributed by atoms with van der Waals surface area (Å²) in [4.78, 5) is 8.84. The van der Waals surface area contributed by atoms with Gasteiger partial charge in [-0.15, -0.1) is 5.10 Å². The molecule has 3 aromatic heterocycles. The molecule has 0 radical (unpaired) electrons. The molecular weight excluding hydrogens is 361 g/mol. The highest BCUT2D eigenvalue weighted by Gasteiger charge is 2.27. The molecule has 0 spiro atoms. The van der Waals surface area contributed by atoms with Crippen LogP contribution < -0.4 is 4.74 Å². The Balaban J connectivity index is 1.62. The zero-order valence-electron chi connectivity index (χ0n) is 15.2. The van der Waals surface area contributed by atoms with E-state index in [0.29, 0.717) is 34.5 Å². The minimum absolute atomic E-state index is 0.357. The fourth-order valence-corrected chi connectivity index (χ4v) is 3.38. The lowest BCUT2D eigenvalue weighted by molar-refractivity contribution is 0.202. The number of benzene rings is 1. The molecule has 5 rings (SSSR count). The molecule has 8 nitrogen and oxygen atoms in total. The largest absolute Gasteiger partial charge is 0.466 e. The molecule has 0 aliphatic heterocycles. The van der Waals surface area contributed by atoms with Crippen LogP contribution >= 0.6 is 0 Å². The first kappa shape index (κ1) is 16.8. The molecule has 1 N–H and O–H groups in total. The van der Waals surface area contributed by atoms with E-state index >= 15 is 0 Å². The molecule has 1 aliphatic rings. The molecule has 3 heterocycles. The monoisotopic (exact) mass is 379 g/mol. The van der Waals surface area contributed by atoms with E-state index in [4.69, 9.17) is 9.72 Å². The maximum Gasteiger partial charge on any atom is 0.221 e. The Kier molecular flexibility index (Phi) is 4.00. The Morgan fingerprint density at radius 2 is 2.14 bits per heavy atom. The van der Waals surface area contributed by atoms with E-state index in [9.17, 15) is 4.39 Å². The van der Waals surface area contributed by atoms with Gasteiger partial charge in [0.05, 0.1) is 0 Å². The van der Waals surface area contributed by atoms with E-state index in [-0.39, 0.29) is 11.9 Å². The van der Waals surface area contributed by atoms with E-state index in [2.05, 4.69) is 25.5 Å². The summed E-state index contributed by atoms with van der Waals surface area (Å²) in [6.07, 6.45) is 6.31. The summed E-state index contributed by atoms with van der Waals surface area (Å²) in [5, 5.41) is 15.0. The Bertz CT molecular complexity index is 1120. The fourth-order valence-electron chi connectivity index (χ4n) is 3.38. The van der Waals surface area contributed by atoms with Crippen LogP contribution in [0.25, 0.3) is 16.9 Å². The summed E-state index contributed by atoms with van der Waals surface area (Å²) >= 11 is 0. The number of hydrogen-bond acceptors (Lipinski definition) is 6. The van der Waals surface area contributed by atoms with Gasteiger partial charge in [0.2, 0.25) is 5.88 Å². The smallest absolute Gasteiger partial charge is 0.221 e. The second kappa shape index (κ2) is 6.66. The van der Waals surface area contributed by atoms with Crippen LogP contribution in [0.4, 0.5) is 4.39 Å². The second-order valence-electron chi connectivity index (χ2n) is 6.95. The number of ether oxygens (including phenoxy) is 1. The Hall–Kier alpha value is -3.36. The topological polar surface area (TPSA) is 93.9 Å². The normalized spacial score (nSPS) is 15.5. The molecule has 1 unspecified atom stereocenters. The van der Waals surface area contributed by atoms with E-state index < -0.39 is 0 Å². The highest BCUT2D eigenvalue weighted by Crippen LogP contribution is 2.41. The molecule has 142 valence electrons. The first-order chi connectivity index (χ1) is 13.7. The third-order valence-corrected chi connectivity index (χ3v) is 5.17. The van der Waals surface area contributed by atoms with Gasteiger partial charge in [-0.3, -0.25) is 5.10 Å². The highest BCUT2D eigenvalue weighted by atomic mass is 19.1. The molecule has 1 aliphatic carbocycles. The number of halogens is 1. The van der Waals surface area contributed by atoms with Crippen molar-refractivity contribution in [3.8, 4) is 17.1 Å². The number of hydrogen-bond donors (Lipinski definition) is 1. The summed E-state index contributed by atoms with van der Waals surface area (Å²) in [5.41, 5.74) is 2.18. The molecule has 28 heavy (non-hydrogen) atoms. The average molecular weight is 379 g/mol. The third kappa shape index (κ3) is 2.79. The van der Waals surface area contributed by atoms with Crippen LogP contribution in [-0.2, 0) is 0 Å². The van der Waals surface area contributed by atoms with Crippen molar-refractivity contribution in [3.05, 3.63) is 54.0 Å². The van der Waals surface area contributed by atoms with Crippen LogP contribution in [0.15, 0.2) is 36.8 Å². The van der Waals surface area contributed by atoms with Gasteiger partial charge in [0, 0.05) is 17.3 Å². The molecule has 1 fully saturated rings. The molecule has 9 heteroatoms. The first-order valence-corrected chi connectivity index (χ1v) is 9.23. The van der Waals surface area contributed by atoms with E-state index in [1.165, 1.54) is 18.8 Å². The van der Waals surface area contributed by atoms with E-state index in [1.54, 1.807) is 22.7 Å². The molecular formula is C19H18FN7O. The van der Waals surface area contributed by atoms with E-state index in [0.717, 1.165) is 18.4 Å². The zero-order valence-corrected chi connectivity index (χ0v) is 15.2. The van der Waals surface area contributed by atoms with Gasteiger partial charge >= 0.3 is 0 Å². The van der Waals surface area contributed by atoms with Gasteiger partial charge in [-0.05, 0) is 37.8 Å². The van der Waals surface area contributed by atoms with Crippen molar-refractivity contribution >= 4 is 5.65 Å². The van der Waals surface area contributed by atoms with Crippen LogP contribution in [0.5, 0.6) is 5.88 Å². The number of nitrogens with zero attached hydrogens (tertiary/aromatic N) is 6. The van der Waals surface area contributed by atoms with Crippen LogP contribution in [0.2, 0.25) is 0 Å². The third-order valence-electron chi connectivity index (χ3n) is 5.17. The lowest BCUT2D eigenvalue weighted by Crippen LogP contribution is -2.15. The number of fused-ring (bicyclic) bond motifs is 1. The number of nitrogens with one attached hydrogen (secondary N) is 1. The van der Waals surface area contributed by atoms with Gasteiger partial charge in [-0.2, -0.15) is 10.1 Å². The molecule has 1 saturated carbocycles.